The number of aryl methyl sites for hydroxylation is 1. The van der Waals surface area contributed by atoms with Crippen LogP contribution >= 0.6 is 0 Å². The topological polar surface area (TPSA) is 12.0 Å². The molecule has 0 saturated carbocycles. The minimum atomic E-state index is 1.05. The summed E-state index contributed by atoms with van der Waals surface area (Å²) in [6.45, 7) is 4.48. The second-order valence-corrected chi connectivity index (χ2v) is 4.94. The van der Waals surface area contributed by atoms with Gasteiger partial charge in [0.15, 0.2) is 0 Å². The molecule has 1 aromatic rings. The van der Waals surface area contributed by atoms with E-state index in [0.29, 0.717) is 0 Å². The van der Waals surface area contributed by atoms with Crippen molar-refractivity contribution in [3.8, 4) is 0 Å². The highest BCUT2D eigenvalue weighted by Gasteiger charge is 2.17. The van der Waals surface area contributed by atoms with E-state index in [-0.39, 0.29) is 0 Å². The average Bonchev–Trinajstić information content (AvgIpc) is 2.55. The molecule has 0 fully saturated rings. The van der Waals surface area contributed by atoms with E-state index in [0.717, 1.165) is 13.1 Å². The molecule has 1 aliphatic heterocycles. The predicted octanol–water partition coefficient (Wildman–Crippen LogP) is 2.99. The molecule has 0 amide bonds. The predicted molar refractivity (Wildman–Crippen MR) is 68.6 cm³/mol. The van der Waals surface area contributed by atoms with Gasteiger partial charge >= 0.3 is 0 Å². The molecule has 0 aromatic heterocycles. The van der Waals surface area contributed by atoms with Crippen molar-refractivity contribution in [1.29, 1.82) is 0 Å². The SMILES string of the molecule is Cc1cc2c(c3c1CCC=C3)CCCNC2. The first-order chi connectivity index (χ1) is 7.86. The van der Waals surface area contributed by atoms with Crippen LogP contribution in [0.2, 0.25) is 0 Å². The maximum Gasteiger partial charge on any atom is 0.0208 e. The molecular weight excluding hydrogens is 194 g/mol. The van der Waals surface area contributed by atoms with Gasteiger partial charge in [0.05, 0.1) is 0 Å². The molecule has 1 nitrogen and oxygen atoms in total. The van der Waals surface area contributed by atoms with E-state index >= 15 is 0 Å². The molecule has 1 aromatic carbocycles. The molecule has 16 heavy (non-hydrogen) atoms. The van der Waals surface area contributed by atoms with Crippen LogP contribution in [0.3, 0.4) is 0 Å². The van der Waals surface area contributed by atoms with E-state index < -0.39 is 0 Å². The van der Waals surface area contributed by atoms with Gasteiger partial charge in [-0.05, 0) is 67.0 Å². The van der Waals surface area contributed by atoms with E-state index in [2.05, 4.69) is 30.5 Å². The summed E-state index contributed by atoms with van der Waals surface area (Å²) < 4.78 is 0. The van der Waals surface area contributed by atoms with Crippen LogP contribution in [0, 0.1) is 6.92 Å². The van der Waals surface area contributed by atoms with Crippen molar-refractivity contribution in [1.82, 2.24) is 5.32 Å². The second-order valence-electron chi connectivity index (χ2n) is 4.94. The van der Waals surface area contributed by atoms with E-state index in [1.807, 2.05) is 0 Å². The first-order valence-electron chi connectivity index (χ1n) is 6.38. The molecule has 0 saturated heterocycles. The molecule has 84 valence electrons. The van der Waals surface area contributed by atoms with Gasteiger partial charge in [0.25, 0.3) is 0 Å². The number of fused-ring (bicyclic) bond motifs is 3. The zero-order valence-corrected chi connectivity index (χ0v) is 9.97. The van der Waals surface area contributed by atoms with E-state index in [4.69, 9.17) is 0 Å². The molecule has 0 atom stereocenters. The molecular formula is C15H19N. The molecule has 0 radical (unpaired) electrons. The van der Waals surface area contributed by atoms with Gasteiger partial charge in [-0.15, -0.1) is 0 Å². The van der Waals surface area contributed by atoms with E-state index in [9.17, 15) is 0 Å². The molecule has 1 heterocycles. The molecule has 1 N–H and O–H groups in total. The van der Waals surface area contributed by atoms with Gasteiger partial charge in [0.1, 0.15) is 0 Å². The minimum absolute atomic E-state index is 1.05. The number of hydrogen-bond acceptors (Lipinski definition) is 1. The van der Waals surface area contributed by atoms with Crippen molar-refractivity contribution in [2.75, 3.05) is 6.54 Å². The molecule has 2 aliphatic rings. The maximum absolute atomic E-state index is 3.51. The molecule has 0 spiro atoms. The fraction of sp³-hybridized carbons (Fsp3) is 0.467. The lowest BCUT2D eigenvalue weighted by Gasteiger charge is -2.20. The Hall–Kier alpha value is -1.08. The first kappa shape index (κ1) is 10.1. The Kier molecular flexibility index (Phi) is 2.56. The van der Waals surface area contributed by atoms with Crippen molar-refractivity contribution in [2.24, 2.45) is 0 Å². The van der Waals surface area contributed by atoms with Gasteiger partial charge in [-0.2, -0.15) is 0 Å². The molecule has 1 aliphatic carbocycles. The van der Waals surface area contributed by atoms with Crippen LogP contribution in [0.15, 0.2) is 12.1 Å². The Morgan fingerprint density at radius 3 is 3.06 bits per heavy atom. The second kappa shape index (κ2) is 4.06. The summed E-state index contributed by atoms with van der Waals surface area (Å²) in [5.74, 6) is 0. The summed E-state index contributed by atoms with van der Waals surface area (Å²) in [5, 5.41) is 3.51. The fourth-order valence-electron chi connectivity index (χ4n) is 3.03. The van der Waals surface area contributed by atoms with Crippen molar-refractivity contribution in [2.45, 2.75) is 39.2 Å². The maximum atomic E-state index is 3.51. The molecule has 3 rings (SSSR count). The summed E-state index contributed by atoms with van der Waals surface area (Å²) in [6.07, 6.45) is 9.66. The highest BCUT2D eigenvalue weighted by atomic mass is 14.8. The Balaban J connectivity index is 2.19. The lowest BCUT2D eigenvalue weighted by atomic mass is 9.85. The summed E-state index contributed by atoms with van der Waals surface area (Å²) >= 11 is 0. The lowest BCUT2D eigenvalue weighted by molar-refractivity contribution is 0.680. The molecule has 1 heteroatoms. The largest absolute Gasteiger partial charge is 0.313 e. The van der Waals surface area contributed by atoms with Crippen LogP contribution in [0.1, 0.15) is 40.7 Å². The van der Waals surface area contributed by atoms with Gasteiger partial charge < -0.3 is 5.32 Å². The van der Waals surface area contributed by atoms with Gasteiger partial charge in [-0.1, -0.05) is 18.2 Å². The van der Waals surface area contributed by atoms with Crippen molar-refractivity contribution in [3.63, 3.8) is 0 Å². The Bertz CT molecular complexity index is 443. The zero-order valence-electron chi connectivity index (χ0n) is 9.97. The Labute approximate surface area is 97.6 Å². The smallest absolute Gasteiger partial charge is 0.0208 e. The van der Waals surface area contributed by atoms with Gasteiger partial charge in [-0.3, -0.25) is 0 Å². The highest BCUT2D eigenvalue weighted by Crippen LogP contribution is 2.30. The quantitative estimate of drug-likeness (QED) is 0.698. The monoisotopic (exact) mass is 213 g/mol. The highest BCUT2D eigenvalue weighted by molar-refractivity contribution is 5.64. The Morgan fingerprint density at radius 1 is 1.19 bits per heavy atom. The third kappa shape index (κ3) is 1.60. The van der Waals surface area contributed by atoms with Gasteiger partial charge in [0, 0.05) is 6.54 Å². The standard InChI is InChI=1S/C15H19N/c1-11-9-12-10-16-8-4-7-14(12)15-6-3-2-5-13(11)15/h3,6,9,16H,2,4-5,7-8,10H2,1H3. The first-order valence-corrected chi connectivity index (χ1v) is 6.38. The van der Waals surface area contributed by atoms with Crippen LogP contribution in [-0.2, 0) is 19.4 Å². The number of allylic oxidation sites excluding steroid dienone is 1. The summed E-state index contributed by atoms with van der Waals surface area (Å²) in [6, 6.07) is 2.41. The molecule has 0 unspecified atom stereocenters. The number of benzene rings is 1. The minimum Gasteiger partial charge on any atom is -0.313 e. The van der Waals surface area contributed by atoms with E-state index in [1.165, 1.54) is 36.8 Å². The van der Waals surface area contributed by atoms with Crippen molar-refractivity contribution >= 4 is 6.08 Å². The summed E-state index contributed by atoms with van der Waals surface area (Å²) in [7, 11) is 0. The van der Waals surface area contributed by atoms with Crippen LogP contribution in [0.5, 0.6) is 0 Å². The third-order valence-corrected chi connectivity index (χ3v) is 3.85. The average molecular weight is 213 g/mol. The Morgan fingerprint density at radius 2 is 2.12 bits per heavy atom. The van der Waals surface area contributed by atoms with Crippen LogP contribution in [0.4, 0.5) is 0 Å². The normalized spacial score (nSPS) is 18.8. The number of rotatable bonds is 0. The lowest BCUT2D eigenvalue weighted by Crippen LogP contribution is -2.12. The van der Waals surface area contributed by atoms with Gasteiger partial charge in [-0.25, -0.2) is 0 Å². The number of hydrogen-bond donors (Lipinski definition) is 1. The van der Waals surface area contributed by atoms with Crippen LogP contribution in [0.25, 0.3) is 6.08 Å². The van der Waals surface area contributed by atoms with Crippen molar-refractivity contribution in [3.05, 3.63) is 40.0 Å². The fourth-order valence-corrected chi connectivity index (χ4v) is 3.03. The van der Waals surface area contributed by atoms with Gasteiger partial charge in [0.2, 0.25) is 0 Å². The van der Waals surface area contributed by atoms with Crippen LogP contribution in [-0.4, -0.2) is 6.54 Å². The zero-order chi connectivity index (χ0) is 11.0. The van der Waals surface area contributed by atoms with E-state index in [1.54, 1.807) is 16.7 Å². The summed E-state index contributed by atoms with van der Waals surface area (Å²) in [5.41, 5.74) is 7.77. The van der Waals surface area contributed by atoms with Crippen LogP contribution < -0.4 is 5.32 Å². The summed E-state index contributed by atoms with van der Waals surface area (Å²) in [4.78, 5) is 0. The van der Waals surface area contributed by atoms with Crippen molar-refractivity contribution < 1.29 is 0 Å². The number of nitrogens with one attached hydrogen (secondary N) is 1. The molecule has 0 bridgehead atoms. The third-order valence-electron chi connectivity index (χ3n) is 3.85.